The van der Waals surface area contributed by atoms with Gasteiger partial charge in [-0.3, -0.25) is 14.2 Å². The van der Waals surface area contributed by atoms with Gasteiger partial charge in [0.15, 0.2) is 5.58 Å². The number of nitrogens with zero attached hydrogens (tertiary/aromatic N) is 2. The molecule has 0 unspecified atom stereocenters. The molecule has 0 saturated carbocycles. The molecular formula is C24H23N3O6S. The number of benzene rings is 2. The van der Waals surface area contributed by atoms with E-state index < -0.39 is 5.76 Å². The number of aromatic nitrogens is 2. The zero-order chi connectivity index (χ0) is 23.9. The minimum absolute atomic E-state index is 0.0258. The van der Waals surface area contributed by atoms with Crippen LogP contribution >= 0.6 is 11.3 Å². The van der Waals surface area contributed by atoms with E-state index in [1.54, 1.807) is 42.8 Å². The summed E-state index contributed by atoms with van der Waals surface area (Å²) in [7, 11) is 1.54. The second-order valence-corrected chi connectivity index (χ2v) is 8.35. The van der Waals surface area contributed by atoms with Crippen LogP contribution in [0.15, 0.2) is 63.1 Å². The van der Waals surface area contributed by atoms with Crippen molar-refractivity contribution in [2.75, 3.05) is 12.4 Å². The zero-order valence-corrected chi connectivity index (χ0v) is 19.3. The van der Waals surface area contributed by atoms with E-state index in [0.29, 0.717) is 46.2 Å². The summed E-state index contributed by atoms with van der Waals surface area (Å²) in [6.45, 7) is 0.380. The number of fused-ring (bicyclic) bond motifs is 1. The first kappa shape index (κ1) is 23.2. The molecule has 2 aromatic heterocycles. The van der Waals surface area contributed by atoms with Crippen molar-refractivity contribution >= 4 is 40.0 Å². The molecule has 0 aliphatic heterocycles. The number of amides is 1. The molecule has 10 heteroatoms. The van der Waals surface area contributed by atoms with Gasteiger partial charge < -0.3 is 19.2 Å². The van der Waals surface area contributed by atoms with Crippen LogP contribution in [0.5, 0.6) is 5.75 Å². The number of thiazole rings is 1. The zero-order valence-electron chi connectivity index (χ0n) is 18.5. The molecule has 2 heterocycles. The molecule has 0 atom stereocenters. The molecular weight excluding hydrogens is 458 g/mol. The molecule has 0 aliphatic carbocycles. The van der Waals surface area contributed by atoms with Gasteiger partial charge in [0.1, 0.15) is 17.4 Å². The highest BCUT2D eigenvalue weighted by Gasteiger charge is 2.13. The van der Waals surface area contributed by atoms with Crippen molar-refractivity contribution in [1.82, 2.24) is 9.55 Å². The quantitative estimate of drug-likeness (QED) is 0.343. The molecule has 9 nitrogen and oxygen atoms in total. The van der Waals surface area contributed by atoms with E-state index in [1.165, 1.54) is 15.9 Å². The maximum absolute atomic E-state index is 12.3. The Morgan fingerprint density at radius 3 is 2.79 bits per heavy atom. The molecule has 0 radical (unpaired) electrons. The van der Waals surface area contributed by atoms with Gasteiger partial charge in [0.2, 0.25) is 5.91 Å². The van der Waals surface area contributed by atoms with Crippen LogP contribution in [-0.2, 0) is 33.9 Å². The highest BCUT2D eigenvalue weighted by atomic mass is 32.1. The standard InChI is InChI=1S/C24H23N3O6S/c1-31-19-9-4-2-7-17(19)26-21(28)13-22-25-16(15-34-22)14-32-23(29)11-6-12-27-18-8-3-5-10-20(18)33-24(27)30/h2-5,7-10,15H,6,11-14H2,1H3,(H,26,28). The number of anilines is 1. The number of carbonyl (C=O) groups excluding carboxylic acids is 2. The summed E-state index contributed by atoms with van der Waals surface area (Å²) in [4.78, 5) is 40.8. The predicted octanol–water partition coefficient (Wildman–Crippen LogP) is 3.76. The summed E-state index contributed by atoms with van der Waals surface area (Å²) in [5.41, 5.74) is 2.39. The van der Waals surface area contributed by atoms with Crippen molar-refractivity contribution in [1.29, 1.82) is 0 Å². The van der Waals surface area contributed by atoms with Gasteiger partial charge in [0, 0.05) is 18.3 Å². The first-order chi connectivity index (χ1) is 16.5. The smallest absolute Gasteiger partial charge is 0.419 e. The fourth-order valence-electron chi connectivity index (χ4n) is 3.41. The molecule has 0 fully saturated rings. The van der Waals surface area contributed by atoms with Gasteiger partial charge in [-0.2, -0.15) is 0 Å². The van der Waals surface area contributed by atoms with E-state index in [4.69, 9.17) is 13.9 Å². The van der Waals surface area contributed by atoms with Gasteiger partial charge in [0.25, 0.3) is 0 Å². The Labute approximate surface area is 198 Å². The van der Waals surface area contributed by atoms with E-state index in [2.05, 4.69) is 10.3 Å². The minimum atomic E-state index is -0.445. The number of methoxy groups -OCH3 is 1. The molecule has 1 amide bonds. The van der Waals surface area contributed by atoms with Crippen molar-refractivity contribution in [3.8, 4) is 5.75 Å². The Balaban J connectivity index is 1.22. The van der Waals surface area contributed by atoms with E-state index >= 15 is 0 Å². The summed E-state index contributed by atoms with van der Waals surface area (Å²) in [6, 6.07) is 14.3. The lowest BCUT2D eigenvalue weighted by Gasteiger charge is -2.08. The van der Waals surface area contributed by atoms with Crippen LogP contribution in [0.2, 0.25) is 0 Å². The number of hydrogen-bond acceptors (Lipinski definition) is 8. The van der Waals surface area contributed by atoms with Crippen LogP contribution in [0, 0.1) is 0 Å². The average Bonchev–Trinajstić information content (AvgIpc) is 3.41. The largest absolute Gasteiger partial charge is 0.495 e. The fourth-order valence-corrected chi connectivity index (χ4v) is 4.19. The second-order valence-electron chi connectivity index (χ2n) is 7.41. The number of ether oxygens (including phenoxy) is 2. The Kier molecular flexibility index (Phi) is 7.38. The minimum Gasteiger partial charge on any atom is -0.495 e. The fraction of sp³-hybridized carbons (Fsp3) is 0.250. The topological polar surface area (TPSA) is 113 Å². The highest BCUT2D eigenvalue weighted by molar-refractivity contribution is 7.09. The third kappa shape index (κ3) is 5.70. The van der Waals surface area contributed by atoms with Gasteiger partial charge in [-0.05, 0) is 30.7 Å². The Hall–Kier alpha value is -3.92. The molecule has 4 aromatic rings. The lowest BCUT2D eigenvalue weighted by molar-refractivity contribution is -0.145. The molecule has 4 rings (SSSR count). The highest BCUT2D eigenvalue weighted by Crippen LogP contribution is 2.23. The maximum Gasteiger partial charge on any atom is 0.419 e. The van der Waals surface area contributed by atoms with Gasteiger partial charge >= 0.3 is 11.7 Å². The molecule has 0 bridgehead atoms. The van der Waals surface area contributed by atoms with E-state index in [-0.39, 0.29) is 31.3 Å². The van der Waals surface area contributed by atoms with Crippen LogP contribution in [0.1, 0.15) is 23.5 Å². The van der Waals surface area contributed by atoms with E-state index in [0.717, 1.165) is 0 Å². The number of carbonyl (C=O) groups is 2. The molecule has 1 N–H and O–H groups in total. The summed E-state index contributed by atoms with van der Waals surface area (Å²) in [6.07, 6.45) is 0.696. The molecule has 0 aliphatic rings. The predicted molar refractivity (Wildman–Crippen MR) is 127 cm³/mol. The Morgan fingerprint density at radius 2 is 1.94 bits per heavy atom. The lowest BCUT2D eigenvalue weighted by atomic mass is 10.3. The van der Waals surface area contributed by atoms with Crippen molar-refractivity contribution in [2.45, 2.75) is 32.4 Å². The first-order valence-corrected chi connectivity index (χ1v) is 11.5. The number of oxazole rings is 1. The maximum atomic E-state index is 12.3. The number of rotatable bonds is 10. The number of nitrogens with one attached hydrogen (secondary N) is 1. The first-order valence-electron chi connectivity index (χ1n) is 10.6. The second kappa shape index (κ2) is 10.8. The molecule has 2 aromatic carbocycles. The van der Waals surface area contributed by atoms with Crippen molar-refractivity contribution in [3.63, 3.8) is 0 Å². The molecule has 34 heavy (non-hydrogen) atoms. The van der Waals surface area contributed by atoms with Gasteiger partial charge in [-0.1, -0.05) is 24.3 Å². The number of aryl methyl sites for hydroxylation is 1. The van der Waals surface area contributed by atoms with Gasteiger partial charge in [0.05, 0.1) is 30.4 Å². The SMILES string of the molecule is COc1ccccc1NC(=O)Cc1nc(COC(=O)CCCn2c(=O)oc3ccccc32)cs1. The van der Waals surface area contributed by atoms with Crippen molar-refractivity contribution in [2.24, 2.45) is 0 Å². The molecule has 176 valence electrons. The lowest BCUT2D eigenvalue weighted by Crippen LogP contribution is -2.15. The van der Waals surface area contributed by atoms with Gasteiger partial charge in [-0.15, -0.1) is 11.3 Å². The number of para-hydroxylation sites is 4. The Bertz CT molecular complexity index is 1360. The summed E-state index contributed by atoms with van der Waals surface area (Å²) < 4.78 is 17.2. The van der Waals surface area contributed by atoms with E-state index in [1.807, 2.05) is 18.2 Å². The van der Waals surface area contributed by atoms with Crippen LogP contribution in [0.3, 0.4) is 0 Å². The molecule has 0 saturated heterocycles. The van der Waals surface area contributed by atoms with E-state index in [9.17, 15) is 14.4 Å². The number of esters is 1. The Morgan fingerprint density at radius 1 is 1.15 bits per heavy atom. The normalized spacial score (nSPS) is 10.9. The van der Waals surface area contributed by atoms with Crippen molar-refractivity contribution < 1.29 is 23.5 Å². The van der Waals surface area contributed by atoms with Crippen LogP contribution in [0.25, 0.3) is 11.1 Å². The third-order valence-electron chi connectivity index (χ3n) is 5.01. The van der Waals surface area contributed by atoms with Crippen LogP contribution in [-0.4, -0.2) is 28.5 Å². The van der Waals surface area contributed by atoms with Crippen molar-refractivity contribution in [3.05, 3.63) is 75.2 Å². The molecule has 0 spiro atoms. The van der Waals surface area contributed by atoms with Crippen LogP contribution < -0.4 is 15.8 Å². The monoisotopic (exact) mass is 481 g/mol. The summed E-state index contributed by atoms with van der Waals surface area (Å²) in [5.74, 6) is -0.471. The average molecular weight is 482 g/mol. The summed E-state index contributed by atoms with van der Waals surface area (Å²) in [5, 5.41) is 5.18. The van der Waals surface area contributed by atoms with Crippen LogP contribution in [0.4, 0.5) is 5.69 Å². The third-order valence-corrected chi connectivity index (χ3v) is 5.91. The summed E-state index contributed by atoms with van der Waals surface area (Å²) >= 11 is 1.33. The van der Waals surface area contributed by atoms with Gasteiger partial charge in [-0.25, -0.2) is 9.78 Å². The number of hydrogen-bond donors (Lipinski definition) is 1.